The molecular formula is C16H16BrN3O4S. The largest absolute Gasteiger partial charge is 0.284 e. The number of nitro benzene ring substituents is 1. The Balaban J connectivity index is 2.02. The van der Waals surface area contributed by atoms with Crippen molar-refractivity contribution in [1.82, 2.24) is 9.29 Å². The molecule has 0 saturated carbocycles. The summed E-state index contributed by atoms with van der Waals surface area (Å²) in [7, 11) is -3.85. The first-order chi connectivity index (χ1) is 11.8. The maximum atomic E-state index is 13.0. The third kappa shape index (κ3) is 3.44. The van der Waals surface area contributed by atoms with Crippen LogP contribution in [0.4, 0.5) is 5.69 Å². The molecule has 9 heteroatoms. The monoisotopic (exact) mass is 425 g/mol. The molecule has 1 saturated heterocycles. The molecule has 1 fully saturated rings. The van der Waals surface area contributed by atoms with Crippen molar-refractivity contribution in [3.63, 3.8) is 0 Å². The third-order valence-electron chi connectivity index (χ3n) is 4.18. The number of halogens is 1. The lowest BCUT2D eigenvalue weighted by Crippen LogP contribution is -2.31. The molecule has 1 aromatic heterocycles. The van der Waals surface area contributed by atoms with E-state index in [-0.39, 0.29) is 21.1 Å². The van der Waals surface area contributed by atoms with E-state index in [9.17, 15) is 18.5 Å². The van der Waals surface area contributed by atoms with Gasteiger partial charge in [0.2, 0.25) is 10.0 Å². The zero-order valence-electron chi connectivity index (χ0n) is 13.4. The molecule has 0 aliphatic carbocycles. The number of nitro groups is 1. The second-order valence-corrected chi connectivity index (χ2v) is 8.59. The van der Waals surface area contributed by atoms with Crippen LogP contribution < -0.4 is 0 Å². The highest BCUT2D eigenvalue weighted by Gasteiger charge is 2.37. The van der Waals surface area contributed by atoms with Crippen molar-refractivity contribution in [3.05, 3.63) is 62.4 Å². The minimum atomic E-state index is -3.85. The molecule has 1 aliphatic heterocycles. The molecule has 7 nitrogen and oxygen atoms in total. The van der Waals surface area contributed by atoms with E-state index in [2.05, 4.69) is 20.9 Å². The number of hydrogen-bond donors (Lipinski definition) is 0. The molecule has 2 heterocycles. The molecule has 25 heavy (non-hydrogen) atoms. The maximum absolute atomic E-state index is 13.0. The van der Waals surface area contributed by atoms with Crippen LogP contribution in [0.2, 0.25) is 0 Å². The summed E-state index contributed by atoms with van der Waals surface area (Å²) in [6.07, 6.45) is 1.40. The van der Waals surface area contributed by atoms with Gasteiger partial charge in [0.15, 0.2) is 0 Å². The number of rotatable bonds is 4. The second kappa shape index (κ2) is 6.81. The molecule has 0 spiro atoms. The van der Waals surface area contributed by atoms with Gasteiger partial charge in [-0.05, 0) is 60.0 Å². The number of pyridine rings is 1. The van der Waals surface area contributed by atoms with Gasteiger partial charge in [-0.2, -0.15) is 4.31 Å². The van der Waals surface area contributed by atoms with Crippen LogP contribution in [0.25, 0.3) is 0 Å². The Morgan fingerprint density at radius 1 is 1.32 bits per heavy atom. The van der Waals surface area contributed by atoms with Crippen LogP contribution in [0.5, 0.6) is 0 Å². The highest BCUT2D eigenvalue weighted by atomic mass is 79.9. The summed E-state index contributed by atoms with van der Waals surface area (Å²) < 4.78 is 27.7. The minimum absolute atomic E-state index is 0.0815. The molecule has 3 rings (SSSR count). The van der Waals surface area contributed by atoms with E-state index in [0.717, 1.165) is 18.2 Å². The molecule has 0 amide bonds. The molecule has 0 N–H and O–H groups in total. The molecule has 2 aromatic rings. The van der Waals surface area contributed by atoms with Gasteiger partial charge in [0.1, 0.15) is 0 Å². The topological polar surface area (TPSA) is 93.4 Å². The van der Waals surface area contributed by atoms with E-state index in [1.54, 1.807) is 0 Å². The average molecular weight is 426 g/mol. The molecule has 132 valence electrons. The number of hydrogen-bond acceptors (Lipinski definition) is 5. The standard InChI is InChI=1S/C16H16BrN3O4S/c1-11-4-2-5-14(18-11)15-6-3-9-19(15)25(23,24)12-7-8-13(17)16(10-12)20(21)22/h2,4-5,7-8,10,15H,3,6,9H2,1H3. The number of sulfonamides is 1. The normalized spacial score (nSPS) is 18.4. The van der Waals surface area contributed by atoms with Gasteiger partial charge in [0, 0.05) is 18.3 Å². The van der Waals surface area contributed by atoms with Crippen LogP contribution in [0, 0.1) is 17.0 Å². The summed E-state index contributed by atoms with van der Waals surface area (Å²) in [4.78, 5) is 14.9. The van der Waals surface area contributed by atoms with E-state index in [1.807, 2.05) is 25.1 Å². The van der Waals surface area contributed by atoms with Crippen molar-refractivity contribution in [2.24, 2.45) is 0 Å². The van der Waals surface area contributed by atoms with Crippen LogP contribution in [-0.4, -0.2) is 29.2 Å². The van der Waals surface area contributed by atoms with Gasteiger partial charge in [0.25, 0.3) is 5.69 Å². The summed E-state index contributed by atoms with van der Waals surface area (Å²) >= 11 is 3.08. The number of aryl methyl sites for hydroxylation is 1. The van der Waals surface area contributed by atoms with Crippen molar-refractivity contribution in [1.29, 1.82) is 0 Å². The van der Waals surface area contributed by atoms with E-state index in [0.29, 0.717) is 18.7 Å². The predicted octanol–water partition coefficient (Wildman–Crippen LogP) is 3.59. The molecule has 1 aliphatic rings. The molecule has 1 unspecified atom stereocenters. The van der Waals surface area contributed by atoms with Crippen LogP contribution in [0.3, 0.4) is 0 Å². The Bertz CT molecular complexity index is 933. The van der Waals surface area contributed by atoms with Gasteiger partial charge in [0.05, 0.1) is 26.0 Å². The summed E-state index contributed by atoms with van der Waals surface area (Å²) in [5.41, 5.74) is 1.25. The van der Waals surface area contributed by atoms with Crippen LogP contribution in [0.15, 0.2) is 45.8 Å². The summed E-state index contributed by atoms with van der Waals surface area (Å²) in [6.45, 7) is 2.22. The predicted molar refractivity (Wildman–Crippen MR) is 95.6 cm³/mol. The summed E-state index contributed by atoms with van der Waals surface area (Å²) in [5.74, 6) is 0. The van der Waals surface area contributed by atoms with Crippen molar-refractivity contribution in [2.45, 2.75) is 30.7 Å². The molecule has 0 radical (unpaired) electrons. The highest BCUT2D eigenvalue weighted by Crippen LogP contribution is 2.37. The maximum Gasteiger partial charge on any atom is 0.284 e. The van der Waals surface area contributed by atoms with Crippen molar-refractivity contribution in [2.75, 3.05) is 6.54 Å². The molecule has 1 aromatic carbocycles. The van der Waals surface area contributed by atoms with Crippen molar-refractivity contribution >= 4 is 31.6 Å². The SMILES string of the molecule is Cc1cccc(C2CCCN2S(=O)(=O)c2ccc(Br)c([N+](=O)[O-])c2)n1. The Labute approximate surface area is 154 Å². The summed E-state index contributed by atoms with van der Waals surface area (Å²) in [5, 5.41) is 11.1. The first kappa shape index (κ1) is 18.0. The first-order valence-corrected chi connectivity index (χ1v) is 9.93. The summed E-state index contributed by atoms with van der Waals surface area (Å²) in [6, 6.07) is 9.04. The second-order valence-electron chi connectivity index (χ2n) is 5.85. The third-order valence-corrected chi connectivity index (χ3v) is 6.75. The van der Waals surface area contributed by atoms with Gasteiger partial charge in [-0.3, -0.25) is 15.1 Å². The Morgan fingerprint density at radius 3 is 2.76 bits per heavy atom. The lowest BCUT2D eigenvalue weighted by Gasteiger charge is -2.24. The fourth-order valence-corrected chi connectivity index (χ4v) is 5.08. The molecular weight excluding hydrogens is 410 g/mol. The van der Waals surface area contributed by atoms with Crippen LogP contribution in [0.1, 0.15) is 30.3 Å². The van der Waals surface area contributed by atoms with E-state index < -0.39 is 14.9 Å². The zero-order chi connectivity index (χ0) is 18.2. The lowest BCUT2D eigenvalue weighted by molar-refractivity contribution is -0.385. The van der Waals surface area contributed by atoms with Crippen molar-refractivity contribution < 1.29 is 13.3 Å². The van der Waals surface area contributed by atoms with E-state index in [1.165, 1.54) is 16.4 Å². The Kier molecular flexibility index (Phi) is 4.90. The first-order valence-electron chi connectivity index (χ1n) is 7.70. The van der Waals surface area contributed by atoms with E-state index >= 15 is 0 Å². The number of benzene rings is 1. The minimum Gasteiger partial charge on any atom is -0.258 e. The Morgan fingerprint density at radius 2 is 2.08 bits per heavy atom. The quantitative estimate of drug-likeness (QED) is 0.550. The smallest absolute Gasteiger partial charge is 0.258 e. The number of nitrogens with zero attached hydrogens (tertiary/aromatic N) is 3. The fourth-order valence-electron chi connectivity index (χ4n) is 3.00. The number of aromatic nitrogens is 1. The van der Waals surface area contributed by atoms with Gasteiger partial charge < -0.3 is 0 Å². The highest BCUT2D eigenvalue weighted by molar-refractivity contribution is 9.10. The van der Waals surface area contributed by atoms with Crippen molar-refractivity contribution in [3.8, 4) is 0 Å². The van der Waals surface area contributed by atoms with Crippen LogP contribution >= 0.6 is 15.9 Å². The van der Waals surface area contributed by atoms with Gasteiger partial charge in [-0.1, -0.05) is 6.07 Å². The van der Waals surface area contributed by atoms with E-state index in [4.69, 9.17) is 0 Å². The molecule has 0 bridgehead atoms. The van der Waals surface area contributed by atoms with Gasteiger partial charge >= 0.3 is 0 Å². The van der Waals surface area contributed by atoms with Gasteiger partial charge in [-0.25, -0.2) is 8.42 Å². The zero-order valence-corrected chi connectivity index (χ0v) is 15.8. The fraction of sp³-hybridized carbons (Fsp3) is 0.312. The van der Waals surface area contributed by atoms with Gasteiger partial charge in [-0.15, -0.1) is 0 Å². The Hall–Kier alpha value is -1.84. The molecule has 1 atom stereocenters. The van der Waals surface area contributed by atoms with Crippen LogP contribution in [-0.2, 0) is 10.0 Å². The average Bonchev–Trinajstić information content (AvgIpc) is 3.05. The lowest BCUT2D eigenvalue weighted by atomic mass is 10.1.